The van der Waals surface area contributed by atoms with Crippen LogP contribution < -0.4 is 10.1 Å². The molecule has 3 aromatic heterocycles. The van der Waals surface area contributed by atoms with Crippen LogP contribution >= 0.6 is 0 Å². The molecule has 2 aliphatic heterocycles. The van der Waals surface area contributed by atoms with Crippen LogP contribution in [0.5, 0.6) is 5.75 Å². The molecule has 8 rings (SSSR count). The van der Waals surface area contributed by atoms with Crippen LogP contribution in [0.1, 0.15) is 41.7 Å². The monoisotopic (exact) mass is 611 g/mol. The highest BCUT2D eigenvalue weighted by Crippen LogP contribution is 2.39. The summed E-state index contributed by atoms with van der Waals surface area (Å²) < 4.78 is 31.8. The van der Waals surface area contributed by atoms with E-state index < -0.39 is 5.95 Å². The minimum absolute atomic E-state index is 0.0648. The van der Waals surface area contributed by atoms with Crippen LogP contribution in [0.2, 0.25) is 0 Å². The predicted octanol–water partition coefficient (Wildman–Crippen LogP) is 4.57. The zero-order valence-corrected chi connectivity index (χ0v) is 25.7. The number of nitrogens with zero attached hydrogens (tertiary/aromatic N) is 6. The van der Waals surface area contributed by atoms with Crippen molar-refractivity contribution in [2.45, 2.75) is 44.8 Å². The summed E-state index contributed by atoms with van der Waals surface area (Å²) in [5, 5.41) is 4.55. The molecular weight excluding hydrogens is 573 g/mol. The molecule has 5 aromatic rings. The molecule has 0 unspecified atom stereocenters. The second-order valence-corrected chi connectivity index (χ2v) is 12.8. The molecular formula is C34H38FN7O3. The number of benzene rings is 2. The minimum atomic E-state index is -0.497. The number of amides is 1. The Balaban J connectivity index is 1.14. The van der Waals surface area contributed by atoms with E-state index in [9.17, 15) is 9.18 Å². The molecule has 1 saturated carbocycles. The Bertz CT molecular complexity index is 1900. The van der Waals surface area contributed by atoms with E-state index >= 15 is 0 Å². The highest BCUT2D eigenvalue weighted by Gasteiger charge is 2.30. The number of aromatic nitrogens is 5. The van der Waals surface area contributed by atoms with Gasteiger partial charge >= 0.3 is 0 Å². The zero-order chi connectivity index (χ0) is 30.7. The molecule has 2 aromatic carbocycles. The van der Waals surface area contributed by atoms with Gasteiger partial charge in [-0.05, 0) is 61.9 Å². The number of rotatable bonds is 9. The van der Waals surface area contributed by atoms with Crippen LogP contribution in [0.15, 0.2) is 48.9 Å². The fourth-order valence-electron chi connectivity index (χ4n) is 6.81. The van der Waals surface area contributed by atoms with Gasteiger partial charge in [-0.1, -0.05) is 12.1 Å². The van der Waals surface area contributed by atoms with Crippen LogP contribution in [-0.4, -0.2) is 80.0 Å². The first-order valence-corrected chi connectivity index (χ1v) is 16.0. The van der Waals surface area contributed by atoms with E-state index in [0.29, 0.717) is 32.2 Å². The number of halogens is 1. The van der Waals surface area contributed by atoms with Crippen molar-refractivity contribution in [3.8, 4) is 17.3 Å². The number of aryl methyl sites for hydroxylation is 1. The molecule has 1 saturated heterocycles. The van der Waals surface area contributed by atoms with Crippen molar-refractivity contribution >= 4 is 27.8 Å². The van der Waals surface area contributed by atoms with E-state index in [2.05, 4.69) is 44.7 Å². The molecule has 5 heterocycles. The van der Waals surface area contributed by atoms with Gasteiger partial charge in [0.2, 0.25) is 5.95 Å². The lowest BCUT2D eigenvalue weighted by atomic mass is 9.97. The van der Waals surface area contributed by atoms with E-state index in [1.54, 1.807) is 4.57 Å². The molecule has 1 N–H and O–H groups in total. The summed E-state index contributed by atoms with van der Waals surface area (Å²) in [7, 11) is 2.06. The van der Waals surface area contributed by atoms with Gasteiger partial charge in [-0.15, -0.1) is 0 Å². The van der Waals surface area contributed by atoms with E-state index in [0.717, 1.165) is 76.4 Å². The largest absolute Gasteiger partial charge is 0.489 e. The lowest BCUT2D eigenvalue weighted by molar-refractivity contribution is 0.0512. The SMILES string of the molecule is C[C@H](COc1cccc2cc(-c3nc4cc5c(cc4n3C)CCN(C[C@H]3COCCN3)C5=O)n(CC3CC3)c12)n1cnc(F)c1. The fourth-order valence-corrected chi connectivity index (χ4v) is 6.81. The molecule has 0 bridgehead atoms. The van der Waals surface area contributed by atoms with Crippen LogP contribution in [0.25, 0.3) is 33.5 Å². The third kappa shape index (κ3) is 5.27. The van der Waals surface area contributed by atoms with Gasteiger partial charge in [0.05, 0.1) is 54.0 Å². The molecule has 2 atom stereocenters. The summed E-state index contributed by atoms with van der Waals surface area (Å²) in [5.41, 5.74) is 5.74. The van der Waals surface area contributed by atoms with Crippen molar-refractivity contribution in [1.82, 2.24) is 33.9 Å². The van der Waals surface area contributed by atoms with Gasteiger partial charge in [0.25, 0.3) is 5.91 Å². The maximum atomic E-state index is 13.6. The number of carbonyl (C=O) groups excluding carboxylic acids is 1. The normalized spacial score (nSPS) is 19.4. The highest BCUT2D eigenvalue weighted by atomic mass is 19.1. The number of hydrogen-bond acceptors (Lipinski definition) is 6. The highest BCUT2D eigenvalue weighted by molar-refractivity contribution is 6.01. The summed E-state index contributed by atoms with van der Waals surface area (Å²) in [5.74, 6) is 1.85. The molecule has 234 valence electrons. The van der Waals surface area contributed by atoms with Crippen molar-refractivity contribution in [1.29, 1.82) is 0 Å². The third-order valence-electron chi connectivity index (χ3n) is 9.52. The number of para-hydroxylation sites is 1. The molecule has 2 fully saturated rings. The van der Waals surface area contributed by atoms with Crippen molar-refractivity contribution < 1.29 is 18.7 Å². The quantitative estimate of drug-likeness (QED) is 0.263. The summed E-state index contributed by atoms with van der Waals surface area (Å²) >= 11 is 0. The Hall–Kier alpha value is -4.22. The van der Waals surface area contributed by atoms with Gasteiger partial charge in [0.15, 0.2) is 5.82 Å². The number of imidazole rings is 2. The number of hydrogen-bond donors (Lipinski definition) is 1. The van der Waals surface area contributed by atoms with Crippen molar-refractivity contribution in [2.75, 3.05) is 39.5 Å². The molecule has 10 nitrogen and oxygen atoms in total. The van der Waals surface area contributed by atoms with Crippen molar-refractivity contribution in [3.05, 3.63) is 66.0 Å². The number of fused-ring (bicyclic) bond motifs is 3. The lowest BCUT2D eigenvalue weighted by Gasteiger charge is -2.33. The Morgan fingerprint density at radius 1 is 1.20 bits per heavy atom. The Morgan fingerprint density at radius 3 is 2.87 bits per heavy atom. The third-order valence-corrected chi connectivity index (χ3v) is 9.52. The summed E-state index contributed by atoms with van der Waals surface area (Å²) in [6, 6.07) is 12.6. The lowest BCUT2D eigenvalue weighted by Crippen LogP contribution is -2.51. The van der Waals surface area contributed by atoms with Crippen LogP contribution in [0.3, 0.4) is 0 Å². The van der Waals surface area contributed by atoms with Gasteiger partial charge in [0, 0.05) is 50.2 Å². The Kier molecular flexibility index (Phi) is 7.09. The molecule has 0 spiro atoms. The molecule has 45 heavy (non-hydrogen) atoms. The molecule has 0 radical (unpaired) electrons. The Labute approximate surface area is 260 Å². The number of morpholine rings is 1. The average molecular weight is 612 g/mol. The van der Waals surface area contributed by atoms with Crippen LogP contribution in [0.4, 0.5) is 4.39 Å². The first-order valence-electron chi connectivity index (χ1n) is 16.0. The molecule has 1 aliphatic carbocycles. The van der Waals surface area contributed by atoms with E-state index in [-0.39, 0.29) is 18.0 Å². The van der Waals surface area contributed by atoms with Crippen molar-refractivity contribution in [3.63, 3.8) is 0 Å². The van der Waals surface area contributed by atoms with E-state index in [4.69, 9.17) is 14.5 Å². The first kappa shape index (κ1) is 28.3. The molecule has 11 heteroatoms. The van der Waals surface area contributed by atoms with Gasteiger partial charge < -0.3 is 33.4 Å². The minimum Gasteiger partial charge on any atom is -0.489 e. The van der Waals surface area contributed by atoms with E-state index in [1.807, 2.05) is 30.0 Å². The number of carbonyl (C=O) groups is 1. The van der Waals surface area contributed by atoms with E-state index in [1.165, 1.54) is 25.4 Å². The van der Waals surface area contributed by atoms with Gasteiger partial charge in [0.1, 0.15) is 12.4 Å². The molecule has 3 aliphatic rings. The first-order chi connectivity index (χ1) is 21.9. The number of ether oxygens (including phenoxy) is 2. The average Bonchev–Trinajstić information content (AvgIpc) is 3.51. The second-order valence-electron chi connectivity index (χ2n) is 12.8. The van der Waals surface area contributed by atoms with Gasteiger partial charge in [-0.25, -0.2) is 9.97 Å². The smallest absolute Gasteiger partial charge is 0.254 e. The van der Waals surface area contributed by atoms with Gasteiger partial charge in [-0.2, -0.15) is 4.39 Å². The Morgan fingerprint density at radius 2 is 2.09 bits per heavy atom. The van der Waals surface area contributed by atoms with Crippen molar-refractivity contribution in [2.24, 2.45) is 13.0 Å². The fraction of sp³-hybridized carbons (Fsp3) is 0.441. The van der Waals surface area contributed by atoms with Gasteiger partial charge in [-0.3, -0.25) is 4.79 Å². The second kappa shape index (κ2) is 11.3. The standard InChI is InChI=1S/C34H38FN7O3/c1-21(41-17-31(35)37-20-41)18-45-30-5-3-4-24-13-29(42(32(24)30)15-22-6-7-22)33-38-27-14-26-23(12-28(27)39(33)2)8-10-40(34(26)43)16-25-19-44-11-9-36-25/h3-5,12-14,17,20-22,25,36H,6-11,15-16,18-19H2,1-2H3/t21-,25+/m1/s1. The number of nitrogens with one attached hydrogen (secondary N) is 1. The topological polar surface area (TPSA) is 91.4 Å². The zero-order valence-electron chi connectivity index (χ0n) is 25.7. The predicted molar refractivity (Wildman–Crippen MR) is 169 cm³/mol. The maximum absolute atomic E-state index is 13.6. The van der Waals surface area contributed by atoms with Crippen LogP contribution in [0, 0.1) is 11.9 Å². The van der Waals surface area contributed by atoms with Crippen LogP contribution in [-0.2, 0) is 24.8 Å². The maximum Gasteiger partial charge on any atom is 0.254 e. The summed E-state index contributed by atoms with van der Waals surface area (Å²) in [6.45, 7) is 6.76. The summed E-state index contributed by atoms with van der Waals surface area (Å²) in [4.78, 5) is 24.4. The molecule has 1 amide bonds. The summed E-state index contributed by atoms with van der Waals surface area (Å²) in [6.07, 6.45) is 6.12.